The normalized spacial score (nSPS) is 11.0. The third kappa shape index (κ3) is 4.91. The molecule has 0 saturated carbocycles. The lowest BCUT2D eigenvalue weighted by atomic mass is 10.2. The van der Waals surface area contributed by atoms with Crippen LogP contribution in [-0.2, 0) is 16.4 Å². The average Bonchev–Trinajstić information content (AvgIpc) is 2.73. The van der Waals surface area contributed by atoms with Gasteiger partial charge in [-0.2, -0.15) is 0 Å². The summed E-state index contributed by atoms with van der Waals surface area (Å²) in [7, 11) is -2.32. The van der Waals surface area contributed by atoms with E-state index in [1.165, 1.54) is 19.2 Å². The third-order valence-electron chi connectivity index (χ3n) is 4.21. The number of ether oxygens (including phenoxy) is 1. The van der Waals surface area contributed by atoms with Crippen molar-refractivity contribution in [2.24, 2.45) is 0 Å². The van der Waals surface area contributed by atoms with Crippen LogP contribution >= 0.6 is 0 Å². The van der Waals surface area contributed by atoms with Gasteiger partial charge in [-0.05, 0) is 60.5 Å². The van der Waals surface area contributed by atoms with Gasteiger partial charge in [0.05, 0.1) is 12.0 Å². The monoisotopic (exact) mass is 411 g/mol. The molecule has 0 aliphatic carbocycles. The summed E-state index contributed by atoms with van der Waals surface area (Å²) < 4.78 is 31.1. The Kier molecular flexibility index (Phi) is 6.13. The lowest BCUT2D eigenvalue weighted by Gasteiger charge is -2.12. The van der Waals surface area contributed by atoms with Crippen molar-refractivity contribution in [3.8, 4) is 5.75 Å². The Morgan fingerprint density at radius 1 is 1.10 bits per heavy atom. The Labute approximate surface area is 169 Å². The molecule has 0 unspecified atom stereocenters. The fourth-order valence-electron chi connectivity index (χ4n) is 2.70. The number of benzene rings is 2. The summed E-state index contributed by atoms with van der Waals surface area (Å²) >= 11 is 0. The van der Waals surface area contributed by atoms with Gasteiger partial charge in [0.15, 0.2) is 0 Å². The minimum atomic E-state index is -3.76. The smallest absolute Gasteiger partial charge is 0.319 e. The Hall–Kier alpha value is -3.39. The largest absolute Gasteiger partial charge is 0.495 e. The molecule has 0 atom stereocenters. The molecule has 7 nitrogen and oxygen atoms in total. The Morgan fingerprint density at radius 2 is 1.86 bits per heavy atom. The number of sulfone groups is 1. The van der Waals surface area contributed by atoms with Gasteiger partial charge in [-0.15, -0.1) is 0 Å². The lowest BCUT2D eigenvalue weighted by molar-refractivity contribution is 0.251. The van der Waals surface area contributed by atoms with Crippen LogP contribution in [-0.4, -0.2) is 26.5 Å². The summed E-state index contributed by atoms with van der Waals surface area (Å²) in [5.74, 6) is 0.285. The first-order valence-electron chi connectivity index (χ1n) is 8.84. The summed E-state index contributed by atoms with van der Waals surface area (Å²) in [6.45, 7) is 2.15. The zero-order valence-corrected chi connectivity index (χ0v) is 16.9. The van der Waals surface area contributed by atoms with E-state index in [9.17, 15) is 13.2 Å². The highest BCUT2D eigenvalue weighted by molar-refractivity contribution is 7.91. The molecular formula is C21H21N3O4S. The second-order valence-electron chi connectivity index (χ2n) is 6.35. The number of hydrogen-bond acceptors (Lipinski definition) is 5. The van der Waals surface area contributed by atoms with Crippen LogP contribution in [0.15, 0.2) is 76.8 Å². The van der Waals surface area contributed by atoms with Crippen LogP contribution in [0, 0.1) is 6.92 Å². The van der Waals surface area contributed by atoms with Crippen molar-refractivity contribution in [3.05, 3.63) is 78.1 Å². The number of nitrogens with zero attached hydrogens (tertiary/aromatic N) is 1. The van der Waals surface area contributed by atoms with E-state index in [-0.39, 0.29) is 15.5 Å². The number of methoxy groups -OCH3 is 1. The third-order valence-corrected chi connectivity index (χ3v) is 6.00. The highest BCUT2D eigenvalue weighted by atomic mass is 32.2. The second kappa shape index (κ2) is 8.74. The van der Waals surface area contributed by atoms with Gasteiger partial charge in [-0.25, -0.2) is 13.2 Å². The van der Waals surface area contributed by atoms with Crippen molar-refractivity contribution in [2.45, 2.75) is 23.3 Å². The fraction of sp³-hybridized carbons (Fsp3) is 0.143. The predicted molar refractivity (Wildman–Crippen MR) is 110 cm³/mol. The van der Waals surface area contributed by atoms with Crippen LogP contribution in [0.25, 0.3) is 0 Å². The van der Waals surface area contributed by atoms with E-state index in [0.717, 1.165) is 11.1 Å². The first kappa shape index (κ1) is 20.3. The maximum Gasteiger partial charge on any atom is 0.319 e. The number of carbonyl (C=O) groups excluding carboxylic acids is 1. The van der Waals surface area contributed by atoms with Crippen LogP contribution in [0.5, 0.6) is 5.75 Å². The lowest BCUT2D eigenvalue weighted by Crippen LogP contribution is -2.28. The van der Waals surface area contributed by atoms with Gasteiger partial charge in [-0.3, -0.25) is 4.98 Å². The van der Waals surface area contributed by atoms with E-state index >= 15 is 0 Å². The van der Waals surface area contributed by atoms with Gasteiger partial charge < -0.3 is 15.4 Å². The maximum atomic E-state index is 13.0. The summed E-state index contributed by atoms with van der Waals surface area (Å²) in [6.07, 6.45) is 3.32. The first-order chi connectivity index (χ1) is 13.9. The van der Waals surface area contributed by atoms with Crippen LogP contribution in [0.2, 0.25) is 0 Å². The second-order valence-corrected chi connectivity index (χ2v) is 8.27. The number of carbonyl (C=O) groups is 1. The summed E-state index contributed by atoms with van der Waals surface area (Å²) in [6, 6.07) is 14.2. The molecule has 3 rings (SSSR count). The highest BCUT2D eigenvalue weighted by Crippen LogP contribution is 2.30. The molecule has 0 radical (unpaired) electrons. The van der Waals surface area contributed by atoms with Crippen molar-refractivity contribution in [2.75, 3.05) is 12.4 Å². The van der Waals surface area contributed by atoms with E-state index in [1.54, 1.807) is 48.8 Å². The zero-order chi connectivity index (χ0) is 20.9. The molecule has 0 saturated heterocycles. The average molecular weight is 411 g/mol. The number of urea groups is 1. The highest BCUT2D eigenvalue weighted by Gasteiger charge is 2.22. The summed E-state index contributed by atoms with van der Waals surface area (Å²) in [5.41, 5.74) is 2.16. The van der Waals surface area contributed by atoms with Crippen LogP contribution in [0.1, 0.15) is 11.1 Å². The number of hydrogen-bond donors (Lipinski definition) is 2. The number of amides is 2. The van der Waals surface area contributed by atoms with Crippen LogP contribution < -0.4 is 15.4 Å². The van der Waals surface area contributed by atoms with Gasteiger partial charge >= 0.3 is 6.03 Å². The standard InChI is InChI=1S/C21H21N3O4S/c1-15-5-10-19(28-2)20(12-15)29(26,27)18-8-6-17(7-9-18)24-21(25)23-14-16-4-3-11-22-13-16/h3-13H,14H2,1-2H3,(H2,23,24,25). The SMILES string of the molecule is COc1ccc(C)cc1S(=O)(=O)c1ccc(NC(=O)NCc2cccnc2)cc1. The molecule has 0 aliphatic heterocycles. The molecule has 1 aromatic heterocycles. The van der Waals surface area contributed by atoms with E-state index < -0.39 is 15.9 Å². The fourth-order valence-corrected chi connectivity index (χ4v) is 4.20. The molecule has 29 heavy (non-hydrogen) atoms. The number of nitrogens with one attached hydrogen (secondary N) is 2. The molecule has 0 spiro atoms. The number of aryl methyl sites for hydroxylation is 1. The van der Waals surface area contributed by atoms with Crippen molar-refractivity contribution >= 4 is 21.6 Å². The Balaban J connectivity index is 1.71. The minimum absolute atomic E-state index is 0.106. The molecular weight excluding hydrogens is 390 g/mol. The molecule has 0 aliphatic rings. The molecule has 2 amide bonds. The molecule has 3 aromatic rings. The molecule has 2 N–H and O–H groups in total. The zero-order valence-electron chi connectivity index (χ0n) is 16.0. The number of anilines is 1. The number of rotatable bonds is 6. The topological polar surface area (TPSA) is 97.4 Å². The van der Waals surface area contributed by atoms with Crippen molar-refractivity contribution < 1.29 is 17.9 Å². The molecule has 8 heteroatoms. The van der Waals surface area contributed by atoms with Crippen molar-refractivity contribution in [3.63, 3.8) is 0 Å². The number of aromatic nitrogens is 1. The van der Waals surface area contributed by atoms with E-state index in [2.05, 4.69) is 15.6 Å². The van der Waals surface area contributed by atoms with E-state index in [4.69, 9.17) is 4.74 Å². The quantitative estimate of drug-likeness (QED) is 0.646. The van der Waals surface area contributed by atoms with Crippen molar-refractivity contribution in [1.29, 1.82) is 0 Å². The van der Waals surface area contributed by atoms with E-state index in [0.29, 0.717) is 12.2 Å². The van der Waals surface area contributed by atoms with Crippen molar-refractivity contribution in [1.82, 2.24) is 10.3 Å². The molecule has 150 valence electrons. The molecule has 0 fully saturated rings. The molecule has 0 bridgehead atoms. The Bertz CT molecular complexity index is 1100. The maximum absolute atomic E-state index is 13.0. The van der Waals surface area contributed by atoms with Gasteiger partial charge in [0.2, 0.25) is 9.84 Å². The molecule has 1 heterocycles. The van der Waals surface area contributed by atoms with Gasteiger partial charge in [0, 0.05) is 24.6 Å². The van der Waals surface area contributed by atoms with E-state index in [1.807, 2.05) is 13.0 Å². The van der Waals surface area contributed by atoms with Gasteiger partial charge in [0.25, 0.3) is 0 Å². The minimum Gasteiger partial charge on any atom is -0.495 e. The summed E-state index contributed by atoms with van der Waals surface area (Å²) in [5, 5.41) is 5.39. The molecule has 2 aromatic carbocycles. The van der Waals surface area contributed by atoms with Gasteiger partial charge in [-0.1, -0.05) is 12.1 Å². The number of pyridine rings is 1. The summed E-state index contributed by atoms with van der Waals surface area (Å²) in [4.78, 5) is 16.2. The van der Waals surface area contributed by atoms with Crippen LogP contribution in [0.4, 0.5) is 10.5 Å². The Morgan fingerprint density at radius 3 is 2.52 bits per heavy atom. The predicted octanol–water partition coefficient (Wildman–Crippen LogP) is 3.55. The first-order valence-corrected chi connectivity index (χ1v) is 10.3. The van der Waals surface area contributed by atoms with Gasteiger partial charge in [0.1, 0.15) is 10.6 Å². The van der Waals surface area contributed by atoms with Crippen LogP contribution in [0.3, 0.4) is 0 Å².